The standard InChI is InChI=1S/C26H34N4O5S2/c1-19-5-6-20(2)24-23(19)27-26(36-24)29-13-11-28(12-14-29)25(31)21-7-9-22(10-8-21)37(32,33)30(15-17-34-3)16-18-35-4/h5-10H,11-18H2,1-4H3. The van der Waals surface area contributed by atoms with E-state index in [0.29, 0.717) is 31.7 Å². The van der Waals surface area contributed by atoms with Gasteiger partial charge in [0.05, 0.1) is 28.3 Å². The van der Waals surface area contributed by atoms with Crippen molar-refractivity contribution in [2.75, 3.05) is 71.6 Å². The monoisotopic (exact) mass is 546 g/mol. The van der Waals surface area contributed by atoms with Gasteiger partial charge in [0.1, 0.15) is 0 Å². The van der Waals surface area contributed by atoms with Gasteiger partial charge in [0.15, 0.2) is 5.13 Å². The van der Waals surface area contributed by atoms with Crippen LogP contribution < -0.4 is 4.90 Å². The summed E-state index contributed by atoms with van der Waals surface area (Å²) in [6.45, 7) is 7.74. The minimum Gasteiger partial charge on any atom is -0.383 e. The summed E-state index contributed by atoms with van der Waals surface area (Å²) in [7, 11) is -0.672. The molecule has 1 amide bonds. The van der Waals surface area contributed by atoms with Crippen molar-refractivity contribution in [3.05, 3.63) is 53.1 Å². The second-order valence-corrected chi connectivity index (χ2v) is 12.0. The molecule has 11 heteroatoms. The Morgan fingerprint density at radius 1 is 0.946 bits per heavy atom. The second kappa shape index (κ2) is 11.9. The highest BCUT2D eigenvalue weighted by Gasteiger charge is 2.27. The normalized spacial score (nSPS) is 14.6. The SMILES string of the molecule is COCCN(CCOC)S(=O)(=O)c1ccc(C(=O)N2CCN(c3nc4c(C)ccc(C)c4s3)CC2)cc1. The predicted octanol–water partition coefficient (Wildman–Crippen LogP) is 3.16. The molecule has 0 aliphatic carbocycles. The van der Waals surface area contributed by atoms with Gasteiger partial charge < -0.3 is 19.3 Å². The third-order valence-electron chi connectivity index (χ3n) is 6.60. The molecule has 0 radical (unpaired) electrons. The van der Waals surface area contributed by atoms with E-state index in [1.807, 2.05) is 4.90 Å². The molecule has 200 valence electrons. The van der Waals surface area contributed by atoms with Gasteiger partial charge in [-0.1, -0.05) is 23.5 Å². The van der Waals surface area contributed by atoms with Crippen molar-refractivity contribution >= 4 is 42.6 Å². The summed E-state index contributed by atoms with van der Waals surface area (Å²) in [6.07, 6.45) is 0. The van der Waals surface area contributed by atoms with Crippen LogP contribution >= 0.6 is 11.3 Å². The third kappa shape index (κ3) is 5.96. The summed E-state index contributed by atoms with van der Waals surface area (Å²) in [5, 5.41) is 0.987. The zero-order valence-electron chi connectivity index (χ0n) is 21.8. The van der Waals surface area contributed by atoms with Crippen LogP contribution in [0.4, 0.5) is 5.13 Å². The Bertz CT molecular complexity index is 1290. The highest BCUT2D eigenvalue weighted by atomic mass is 32.2. The van der Waals surface area contributed by atoms with Crippen LogP contribution in [0.15, 0.2) is 41.3 Å². The van der Waals surface area contributed by atoms with Gasteiger partial charge in [0.2, 0.25) is 10.0 Å². The maximum absolute atomic E-state index is 13.2. The largest absolute Gasteiger partial charge is 0.383 e. The van der Waals surface area contributed by atoms with Crippen LogP contribution in [0, 0.1) is 13.8 Å². The number of hydrogen-bond donors (Lipinski definition) is 0. The molecule has 0 unspecified atom stereocenters. The molecule has 0 bridgehead atoms. The molecule has 1 aliphatic heterocycles. The number of carbonyl (C=O) groups is 1. The van der Waals surface area contributed by atoms with Crippen LogP contribution in [-0.2, 0) is 19.5 Å². The molecular formula is C26H34N4O5S2. The fourth-order valence-electron chi connectivity index (χ4n) is 4.32. The molecule has 0 atom stereocenters. The third-order valence-corrected chi connectivity index (χ3v) is 9.76. The summed E-state index contributed by atoms with van der Waals surface area (Å²) in [6, 6.07) is 10.4. The number of hydrogen-bond acceptors (Lipinski definition) is 8. The minimum atomic E-state index is -3.73. The zero-order valence-corrected chi connectivity index (χ0v) is 23.4. The van der Waals surface area contributed by atoms with E-state index in [-0.39, 0.29) is 37.1 Å². The minimum absolute atomic E-state index is 0.102. The van der Waals surface area contributed by atoms with E-state index >= 15 is 0 Å². The number of sulfonamides is 1. The summed E-state index contributed by atoms with van der Waals surface area (Å²) in [4.78, 5) is 22.2. The molecule has 3 aromatic rings. The Morgan fingerprint density at radius 2 is 1.54 bits per heavy atom. The molecule has 2 heterocycles. The van der Waals surface area contributed by atoms with Crippen LogP contribution in [0.5, 0.6) is 0 Å². The number of aryl methyl sites for hydroxylation is 2. The molecule has 2 aromatic carbocycles. The molecule has 1 fully saturated rings. The zero-order chi connectivity index (χ0) is 26.6. The van der Waals surface area contributed by atoms with Gasteiger partial charge in [-0.3, -0.25) is 4.79 Å². The van der Waals surface area contributed by atoms with E-state index in [4.69, 9.17) is 14.5 Å². The van der Waals surface area contributed by atoms with Gasteiger partial charge in [-0.25, -0.2) is 13.4 Å². The average molecular weight is 547 g/mol. The van der Waals surface area contributed by atoms with E-state index in [1.54, 1.807) is 23.5 Å². The number of ether oxygens (including phenoxy) is 2. The summed E-state index contributed by atoms with van der Waals surface area (Å²) < 4.78 is 38.9. The van der Waals surface area contributed by atoms with E-state index in [1.165, 1.54) is 46.5 Å². The topological polar surface area (TPSA) is 92.3 Å². The molecule has 4 rings (SSSR count). The second-order valence-electron chi connectivity index (χ2n) is 9.07. The number of methoxy groups -OCH3 is 2. The quantitative estimate of drug-likeness (QED) is 0.386. The fraction of sp³-hybridized carbons (Fsp3) is 0.462. The highest BCUT2D eigenvalue weighted by molar-refractivity contribution is 7.89. The lowest BCUT2D eigenvalue weighted by molar-refractivity contribution is 0.0746. The van der Waals surface area contributed by atoms with Gasteiger partial charge in [0, 0.05) is 59.1 Å². The molecule has 1 saturated heterocycles. The summed E-state index contributed by atoms with van der Waals surface area (Å²) in [5.74, 6) is -0.102. The number of carbonyl (C=O) groups excluding carboxylic acids is 1. The number of rotatable bonds is 10. The lowest BCUT2D eigenvalue weighted by Crippen LogP contribution is -2.48. The van der Waals surface area contributed by atoms with Crippen LogP contribution in [-0.4, -0.2) is 95.2 Å². The first-order valence-corrected chi connectivity index (χ1v) is 14.5. The first-order valence-electron chi connectivity index (χ1n) is 12.3. The van der Waals surface area contributed by atoms with Crippen molar-refractivity contribution < 1.29 is 22.7 Å². The molecule has 37 heavy (non-hydrogen) atoms. The molecule has 0 spiro atoms. The summed E-state index contributed by atoms with van der Waals surface area (Å²) in [5.41, 5.74) is 3.92. The van der Waals surface area contributed by atoms with Crippen LogP contribution in [0.2, 0.25) is 0 Å². The Labute approximate surface area is 222 Å². The molecule has 0 saturated carbocycles. The number of fused-ring (bicyclic) bond motifs is 1. The maximum Gasteiger partial charge on any atom is 0.253 e. The number of amides is 1. The number of thiazole rings is 1. The number of piperazine rings is 1. The van der Waals surface area contributed by atoms with Crippen LogP contribution in [0.3, 0.4) is 0 Å². The van der Waals surface area contributed by atoms with Gasteiger partial charge in [-0.2, -0.15) is 4.31 Å². The number of aromatic nitrogens is 1. The molecular weight excluding hydrogens is 512 g/mol. The van der Waals surface area contributed by atoms with Crippen molar-refractivity contribution in [3.63, 3.8) is 0 Å². The lowest BCUT2D eigenvalue weighted by Gasteiger charge is -2.34. The predicted molar refractivity (Wildman–Crippen MR) is 146 cm³/mol. The molecule has 9 nitrogen and oxygen atoms in total. The summed E-state index contributed by atoms with van der Waals surface area (Å²) >= 11 is 1.70. The van der Waals surface area contributed by atoms with Crippen molar-refractivity contribution in [1.29, 1.82) is 0 Å². The Hall–Kier alpha value is -2.57. The van der Waals surface area contributed by atoms with E-state index in [9.17, 15) is 13.2 Å². The van der Waals surface area contributed by atoms with Crippen molar-refractivity contribution in [1.82, 2.24) is 14.2 Å². The van der Waals surface area contributed by atoms with E-state index in [0.717, 1.165) is 10.6 Å². The first-order chi connectivity index (χ1) is 17.8. The van der Waals surface area contributed by atoms with Gasteiger partial charge in [-0.15, -0.1) is 0 Å². The van der Waals surface area contributed by atoms with Gasteiger partial charge in [0.25, 0.3) is 5.91 Å². The van der Waals surface area contributed by atoms with Crippen molar-refractivity contribution in [2.24, 2.45) is 0 Å². The molecule has 0 N–H and O–H groups in total. The smallest absolute Gasteiger partial charge is 0.253 e. The number of nitrogens with zero attached hydrogens (tertiary/aromatic N) is 4. The van der Waals surface area contributed by atoms with E-state index < -0.39 is 10.0 Å². The Morgan fingerprint density at radius 3 is 2.11 bits per heavy atom. The van der Waals surface area contributed by atoms with Gasteiger partial charge in [-0.05, 0) is 49.2 Å². The fourth-order valence-corrected chi connectivity index (χ4v) is 6.90. The van der Waals surface area contributed by atoms with Crippen molar-refractivity contribution in [3.8, 4) is 0 Å². The number of anilines is 1. The van der Waals surface area contributed by atoms with Crippen LogP contribution in [0.25, 0.3) is 10.2 Å². The Balaban J connectivity index is 1.41. The Kier molecular flexibility index (Phi) is 8.81. The maximum atomic E-state index is 13.2. The van der Waals surface area contributed by atoms with Crippen molar-refractivity contribution in [2.45, 2.75) is 18.7 Å². The highest BCUT2D eigenvalue weighted by Crippen LogP contribution is 2.33. The molecule has 1 aromatic heterocycles. The van der Waals surface area contributed by atoms with E-state index in [2.05, 4.69) is 30.9 Å². The number of benzene rings is 2. The molecule has 1 aliphatic rings. The lowest BCUT2D eigenvalue weighted by atomic mass is 10.1. The first kappa shape index (κ1) is 27.5. The van der Waals surface area contributed by atoms with Gasteiger partial charge >= 0.3 is 0 Å². The van der Waals surface area contributed by atoms with Crippen LogP contribution in [0.1, 0.15) is 21.5 Å². The average Bonchev–Trinajstić information content (AvgIpc) is 3.38.